The molecule has 0 fully saturated rings. The minimum Gasteiger partial charge on any atom is -0.233 e. The molecule has 0 bridgehead atoms. The molecular weight excluding hydrogens is 336 g/mol. The molecule has 0 heterocycles. The van der Waals surface area contributed by atoms with Crippen molar-refractivity contribution in [3.63, 3.8) is 0 Å². The van der Waals surface area contributed by atoms with E-state index in [9.17, 15) is 0 Å². The molecule has 6 heteroatoms. The van der Waals surface area contributed by atoms with E-state index in [0.29, 0.717) is 12.8 Å². The van der Waals surface area contributed by atoms with Crippen LogP contribution in [0.5, 0.6) is 0 Å². The van der Waals surface area contributed by atoms with Gasteiger partial charge in [-0.2, -0.15) is 0 Å². The average Bonchev–Trinajstić information content (AvgIpc) is 2.39. The zero-order valence-electron chi connectivity index (χ0n) is 19.1. The molecule has 0 aliphatic heterocycles. The first-order valence-corrected chi connectivity index (χ1v) is 9.37. The molecule has 0 spiro atoms. The van der Waals surface area contributed by atoms with Gasteiger partial charge in [0, 0.05) is 0 Å². The summed E-state index contributed by atoms with van der Waals surface area (Å²) < 4.78 is 0. The molecule has 6 nitrogen and oxygen atoms in total. The molecule has 158 valence electrons. The van der Waals surface area contributed by atoms with E-state index in [4.69, 9.17) is 29.3 Å². The number of rotatable bonds is 10. The second-order valence-electron chi connectivity index (χ2n) is 10.7. The van der Waals surface area contributed by atoms with E-state index in [0.717, 1.165) is 0 Å². The summed E-state index contributed by atoms with van der Waals surface area (Å²) in [6.45, 7) is 23.6. The highest BCUT2D eigenvalue weighted by atomic mass is 17.2. The van der Waals surface area contributed by atoms with Gasteiger partial charge in [-0.1, -0.05) is 0 Å². The van der Waals surface area contributed by atoms with Crippen LogP contribution in [0, 0.1) is 0 Å². The standard InChI is InChI=1S/C20H42O6/c1-16(2,3)22-21-15-20(12,26-24-18(7,8)9)14-13-19(10,11)25-23-17(4,5)6/h13-15H2,1-12H3. The van der Waals surface area contributed by atoms with E-state index in [1.165, 1.54) is 0 Å². The van der Waals surface area contributed by atoms with E-state index in [-0.39, 0.29) is 12.2 Å². The lowest BCUT2D eigenvalue weighted by atomic mass is 9.93. The molecule has 0 aromatic rings. The Morgan fingerprint density at radius 2 is 0.885 bits per heavy atom. The number of hydrogen-bond donors (Lipinski definition) is 0. The minimum atomic E-state index is -0.694. The predicted molar refractivity (Wildman–Crippen MR) is 102 cm³/mol. The molecule has 26 heavy (non-hydrogen) atoms. The Bertz CT molecular complexity index is 400. The van der Waals surface area contributed by atoms with Crippen LogP contribution in [0.4, 0.5) is 0 Å². The van der Waals surface area contributed by atoms with Crippen LogP contribution in [0.1, 0.15) is 95.9 Å². The third-order valence-electron chi connectivity index (χ3n) is 2.94. The molecule has 0 aliphatic carbocycles. The normalized spacial score (nSPS) is 16.6. The molecule has 0 radical (unpaired) electrons. The fourth-order valence-electron chi connectivity index (χ4n) is 1.54. The average molecular weight is 379 g/mol. The van der Waals surface area contributed by atoms with Gasteiger partial charge in [0.2, 0.25) is 0 Å². The smallest absolute Gasteiger partial charge is 0.127 e. The third-order valence-corrected chi connectivity index (χ3v) is 2.94. The van der Waals surface area contributed by atoms with Crippen molar-refractivity contribution in [1.29, 1.82) is 0 Å². The summed E-state index contributed by atoms with van der Waals surface area (Å²) in [5.74, 6) is 0. The second-order valence-corrected chi connectivity index (χ2v) is 10.7. The van der Waals surface area contributed by atoms with Crippen molar-refractivity contribution in [3.8, 4) is 0 Å². The highest BCUT2D eigenvalue weighted by molar-refractivity contribution is 4.79. The Morgan fingerprint density at radius 3 is 1.31 bits per heavy atom. The van der Waals surface area contributed by atoms with Crippen molar-refractivity contribution in [2.45, 2.75) is 124 Å². The van der Waals surface area contributed by atoms with E-state index >= 15 is 0 Å². The maximum absolute atomic E-state index is 5.75. The van der Waals surface area contributed by atoms with Gasteiger partial charge >= 0.3 is 0 Å². The molecule has 0 aromatic carbocycles. The zero-order chi connectivity index (χ0) is 20.9. The van der Waals surface area contributed by atoms with Crippen LogP contribution in [0.15, 0.2) is 0 Å². The maximum Gasteiger partial charge on any atom is 0.127 e. The first kappa shape index (κ1) is 25.8. The molecule has 1 unspecified atom stereocenters. The van der Waals surface area contributed by atoms with Crippen LogP contribution < -0.4 is 0 Å². The van der Waals surface area contributed by atoms with Gasteiger partial charge in [-0.05, 0) is 95.9 Å². The first-order valence-electron chi connectivity index (χ1n) is 9.37. The van der Waals surface area contributed by atoms with Crippen LogP contribution in [0.2, 0.25) is 0 Å². The highest BCUT2D eigenvalue weighted by Gasteiger charge is 2.35. The van der Waals surface area contributed by atoms with E-state index < -0.39 is 22.4 Å². The molecule has 0 N–H and O–H groups in total. The Morgan fingerprint density at radius 1 is 0.462 bits per heavy atom. The summed E-state index contributed by atoms with van der Waals surface area (Å²) in [4.78, 5) is 33.2. The molecule has 0 aromatic heterocycles. The summed E-state index contributed by atoms with van der Waals surface area (Å²) in [7, 11) is 0. The Kier molecular flexibility index (Phi) is 9.22. The SMILES string of the molecule is CC(C)(C)OOCC(C)(CCC(C)(C)OOC(C)(C)C)OOC(C)(C)C. The van der Waals surface area contributed by atoms with Gasteiger partial charge in [-0.25, -0.2) is 29.3 Å². The van der Waals surface area contributed by atoms with Crippen molar-refractivity contribution in [3.05, 3.63) is 0 Å². The monoisotopic (exact) mass is 378 g/mol. The van der Waals surface area contributed by atoms with E-state index in [2.05, 4.69) is 0 Å². The Hall–Kier alpha value is -0.240. The van der Waals surface area contributed by atoms with Crippen molar-refractivity contribution >= 4 is 0 Å². The van der Waals surface area contributed by atoms with Crippen LogP contribution in [0.3, 0.4) is 0 Å². The van der Waals surface area contributed by atoms with Gasteiger partial charge < -0.3 is 0 Å². The summed E-state index contributed by atoms with van der Waals surface area (Å²) in [5.41, 5.74) is -2.36. The predicted octanol–water partition coefficient (Wildman–Crippen LogP) is 5.54. The van der Waals surface area contributed by atoms with Crippen molar-refractivity contribution in [2.24, 2.45) is 0 Å². The van der Waals surface area contributed by atoms with Crippen LogP contribution in [-0.2, 0) is 29.3 Å². The highest BCUT2D eigenvalue weighted by Crippen LogP contribution is 2.29. The minimum absolute atomic E-state index is 0.233. The maximum atomic E-state index is 5.75. The summed E-state index contributed by atoms with van der Waals surface area (Å²) in [5, 5.41) is 0. The van der Waals surface area contributed by atoms with Gasteiger partial charge in [0.25, 0.3) is 0 Å². The zero-order valence-corrected chi connectivity index (χ0v) is 19.1. The van der Waals surface area contributed by atoms with Gasteiger partial charge in [0.05, 0.1) is 22.4 Å². The summed E-state index contributed by atoms with van der Waals surface area (Å²) in [6, 6.07) is 0. The summed E-state index contributed by atoms with van der Waals surface area (Å²) in [6.07, 6.45) is 1.32. The third kappa shape index (κ3) is 14.9. The molecule has 0 saturated carbocycles. The number of hydrogen-bond acceptors (Lipinski definition) is 6. The van der Waals surface area contributed by atoms with E-state index in [1.807, 2.05) is 83.1 Å². The van der Waals surface area contributed by atoms with Gasteiger partial charge in [-0.3, -0.25) is 0 Å². The molecule has 0 amide bonds. The van der Waals surface area contributed by atoms with Gasteiger partial charge in [-0.15, -0.1) is 0 Å². The lowest BCUT2D eigenvalue weighted by Gasteiger charge is -2.35. The quantitative estimate of drug-likeness (QED) is 0.367. The Balaban J connectivity index is 4.82. The first-order chi connectivity index (χ1) is 11.3. The van der Waals surface area contributed by atoms with Crippen molar-refractivity contribution < 1.29 is 29.3 Å². The molecule has 0 aliphatic rings. The fraction of sp³-hybridized carbons (Fsp3) is 1.00. The fourth-order valence-corrected chi connectivity index (χ4v) is 1.54. The summed E-state index contributed by atoms with van der Waals surface area (Å²) >= 11 is 0. The molecule has 0 rings (SSSR count). The lowest BCUT2D eigenvalue weighted by molar-refractivity contribution is -0.439. The molecule has 0 saturated heterocycles. The van der Waals surface area contributed by atoms with Gasteiger partial charge in [0.1, 0.15) is 12.2 Å². The lowest BCUT2D eigenvalue weighted by Crippen LogP contribution is -2.41. The largest absolute Gasteiger partial charge is 0.233 e. The molecule has 1 atom stereocenters. The van der Waals surface area contributed by atoms with Crippen molar-refractivity contribution in [2.75, 3.05) is 6.61 Å². The topological polar surface area (TPSA) is 55.4 Å². The molecular formula is C20H42O6. The van der Waals surface area contributed by atoms with E-state index in [1.54, 1.807) is 0 Å². The van der Waals surface area contributed by atoms with Crippen LogP contribution in [-0.4, -0.2) is 34.6 Å². The van der Waals surface area contributed by atoms with Gasteiger partial charge in [0.15, 0.2) is 0 Å². The van der Waals surface area contributed by atoms with Crippen LogP contribution >= 0.6 is 0 Å². The second kappa shape index (κ2) is 9.30. The Labute approximate surface area is 160 Å². The van der Waals surface area contributed by atoms with Crippen molar-refractivity contribution in [1.82, 2.24) is 0 Å². The van der Waals surface area contributed by atoms with Crippen LogP contribution in [0.25, 0.3) is 0 Å².